The Labute approximate surface area is 129 Å². The molecule has 0 fully saturated rings. The van der Waals surface area contributed by atoms with Gasteiger partial charge in [0.2, 0.25) is 5.91 Å². The van der Waals surface area contributed by atoms with Crippen molar-refractivity contribution in [3.8, 4) is 12.3 Å². The highest BCUT2D eigenvalue weighted by atomic mass is 16.5. The summed E-state index contributed by atoms with van der Waals surface area (Å²) in [4.78, 5) is 34.3. The number of rotatable bonds is 7. The first kappa shape index (κ1) is 17.2. The van der Waals surface area contributed by atoms with E-state index in [0.717, 1.165) is 5.56 Å². The Balaban J connectivity index is 2.55. The minimum absolute atomic E-state index is 0.0635. The molecule has 0 radical (unpaired) electrons. The number of esters is 1. The summed E-state index contributed by atoms with van der Waals surface area (Å²) in [5, 5.41) is 5.07. The van der Waals surface area contributed by atoms with Crippen LogP contribution in [0.4, 0.5) is 0 Å². The number of hydrogen-bond donors (Lipinski definition) is 2. The maximum absolute atomic E-state index is 11.8. The first-order chi connectivity index (χ1) is 10.5. The zero-order chi connectivity index (χ0) is 16.4. The van der Waals surface area contributed by atoms with E-state index in [1.165, 1.54) is 6.92 Å². The van der Waals surface area contributed by atoms with Crippen LogP contribution in [0.1, 0.15) is 24.9 Å². The van der Waals surface area contributed by atoms with Crippen LogP contribution in [0.5, 0.6) is 0 Å². The van der Waals surface area contributed by atoms with Crippen molar-refractivity contribution in [2.24, 2.45) is 0 Å². The Morgan fingerprint density at radius 3 is 2.55 bits per heavy atom. The predicted molar refractivity (Wildman–Crippen MR) is 80.4 cm³/mol. The normalized spacial score (nSPS) is 10.9. The number of terminal acetylenes is 1. The van der Waals surface area contributed by atoms with Gasteiger partial charge in [-0.3, -0.25) is 14.4 Å². The van der Waals surface area contributed by atoms with Gasteiger partial charge in [-0.05, 0) is 5.56 Å². The molecule has 2 amide bonds. The number of hydrogen-bond acceptors (Lipinski definition) is 4. The minimum atomic E-state index is -0.585. The molecule has 6 heteroatoms. The molecule has 0 heterocycles. The molecule has 0 spiro atoms. The first-order valence-corrected chi connectivity index (χ1v) is 6.70. The molecule has 1 rings (SSSR count). The van der Waals surface area contributed by atoms with Crippen LogP contribution in [0.25, 0.3) is 0 Å². The summed E-state index contributed by atoms with van der Waals surface area (Å²) in [7, 11) is 0. The van der Waals surface area contributed by atoms with Gasteiger partial charge >= 0.3 is 5.97 Å². The van der Waals surface area contributed by atoms with Crippen molar-refractivity contribution >= 4 is 17.8 Å². The maximum atomic E-state index is 11.8. The molecule has 1 aromatic rings. The smallest absolute Gasteiger partial charge is 0.308 e. The molecular weight excluding hydrogens is 284 g/mol. The highest BCUT2D eigenvalue weighted by Crippen LogP contribution is 2.17. The number of carbonyl (C=O) groups excluding carboxylic acids is 3. The third-order valence-electron chi connectivity index (χ3n) is 2.70. The van der Waals surface area contributed by atoms with Gasteiger partial charge in [-0.1, -0.05) is 36.3 Å². The van der Waals surface area contributed by atoms with Crippen molar-refractivity contribution in [1.82, 2.24) is 10.6 Å². The van der Waals surface area contributed by atoms with Gasteiger partial charge in [0.05, 0.1) is 19.0 Å². The monoisotopic (exact) mass is 302 g/mol. The standard InChI is InChI=1S/C16H18N2O4/c1-3-9-17-15(20)11-22-16(21)10-14(18-12(2)19)13-7-5-4-6-8-13/h1,4-8,14H,9-11H2,2H3,(H,17,20)(H,18,19)/t14-/m0/s1. The highest BCUT2D eigenvalue weighted by molar-refractivity contribution is 5.81. The van der Waals surface area contributed by atoms with E-state index in [1.54, 1.807) is 12.1 Å². The van der Waals surface area contributed by atoms with Gasteiger partial charge in [0.15, 0.2) is 6.61 Å². The fourth-order valence-corrected chi connectivity index (χ4v) is 1.76. The van der Waals surface area contributed by atoms with E-state index in [9.17, 15) is 14.4 Å². The summed E-state index contributed by atoms with van der Waals surface area (Å²) < 4.78 is 4.86. The zero-order valence-corrected chi connectivity index (χ0v) is 12.3. The molecular formula is C16H18N2O4. The number of nitrogens with one attached hydrogen (secondary N) is 2. The number of amides is 2. The van der Waals surface area contributed by atoms with Gasteiger partial charge in [0, 0.05) is 6.92 Å². The van der Waals surface area contributed by atoms with Crippen molar-refractivity contribution in [3.05, 3.63) is 35.9 Å². The molecule has 0 aliphatic heterocycles. The van der Waals surface area contributed by atoms with Crippen LogP contribution in [-0.2, 0) is 19.1 Å². The second-order valence-corrected chi connectivity index (χ2v) is 4.51. The second kappa shape index (κ2) is 9.19. The predicted octanol–water partition coefficient (Wildman–Crippen LogP) is 0.547. The SMILES string of the molecule is C#CCNC(=O)COC(=O)C[C@H](NC(C)=O)c1ccccc1. The summed E-state index contributed by atoms with van der Waals surface area (Å²) in [5.74, 6) is 0.930. The van der Waals surface area contributed by atoms with Crippen LogP contribution >= 0.6 is 0 Å². The molecule has 1 atom stereocenters. The second-order valence-electron chi connectivity index (χ2n) is 4.51. The average Bonchev–Trinajstić information content (AvgIpc) is 2.50. The molecule has 0 bridgehead atoms. The van der Waals surface area contributed by atoms with Gasteiger partial charge < -0.3 is 15.4 Å². The maximum Gasteiger partial charge on any atom is 0.308 e. The number of carbonyl (C=O) groups is 3. The summed E-state index contributed by atoms with van der Waals surface area (Å²) in [6, 6.07) is 8.55. The summed E-state index contributed by atoms with van der Waals surface area (Å²) in [6.07, 6.45) is 4.93. The van der Waals surface area contributed by atoms with E-state index < -0.39 is 24.5 Å². The van der Waals surface area contributed by atoms with Crippen LogP contribution in [0.3, 0.4) is 0 Å². The van der Waals surface area contributed by atoms with E-state index in [0.29, 0.717) is 0 Å². The lowest BCUT2D eigenvalue weighted by Gasteiger charge is -2.17. The van der Waals surface area contributed by atoms with Crippen molar-refractivity contribution in [3.63, 3.8) is 0 Å². The number of benzene rings is 1. The zero-order valence-electron chi connectivity index (χ0n) is 12.3. The number of ether oxygens (including phenoxy) is 1. The first-order valence-electron chi connectivity index (χ1n) is 6.70. The van der Waals surface area contributed by atoms with E-state index >= 15 is 0 Å². The van der Waals surface area contributed by atoms with Gasteiger partial charge in [-0.25, -0.2) is 0 Å². The largest absolute Gasteiger partial charge is 0.456 e. The summed E-state index contributed by atoms with van der Waals surface area (Å²) >= 11 is 0. The quantitative estimate of drug-likeness (QED) is 0.569. The minimum Gasteiger partial charge on any atom is -0.456 e. The molecule has 0 aliphatic carbocycles. The molecule has 116 valence electrons. The average molecular weight is 302 g/mol. The molecule has 0 saturated carbocycles. The van der Waals surface area contributed by atoms with Crippen LogP contribution in [0, 0.1) is 12.3 Å². The van der Waals surface area contributed by atoms with Crippen molar-refractivity contribution in [1.29, 1.82) is 0 Å². The van der Waals surface area contributed by atoms with Crippen molar-refractivity contribution < 1.29 is 19.1 Å². The highest BCUT2D eigenvalue weighted by Gasteiger charge is 2.18. The van der Waals surface area contributed by atoms with E-state index in [2.05, 4.69) is 16.6 Å². The van der Waals surface area contributed by atoms with E-state index in [1.807, 2.05) is 18.2 Å². The van der Waals surface area contributed by atoms with Crippen LogP contribution in [0.2, 0.25) is 0 Å². The third-order valence-corrected chi connectivity index (χ3v) is 2.70. The Morgan fingerprint density at radius 2 is 1.95 bits per heavy atom. The summed E-state index contributed by atoms with van der Waals surface area (Å²) in [6.45, 7) is 1.05. The lowest BCUT2D eigenvalue weighted by Crippen LogP contribution is -2.31. The molecule has 6 nitrogen and oxygen atoms in total. The van der Waals surface area contributed by atoms with E-state index in [4.69, 9.17) is 11.2 Å². The topological polar surface area (TPSA) is 84.5 Å². The Bertz CT molecular complexity index is 563. The lowest BCUT2D eigenvalue weighted by atomic mass is 10.0. The fourth-order valence-electron chi connectivity index (χ4n) is 1.76. The molecule has 2 N–H and O–H groups in total. The molecule has 0 unspecified atom stereocenters. The van der Waals surface area contributed by atoms with E-state index in [-0.39, 0.29) is 18.9 Å². The molecule has 0 saturated heterocycles. The third kappa shape index (κ3) is 6.57. The van der Waals surface area contributed by atoms with Crippen LogP contribution in [0.15, 0.2) is 30.3 Å². The lowest BCUT2D eigenvalue weighted by molar-refractivity contribution is -0.149. The van der Waals surface area contributed by atoms with Gasteiger partial charge in [0.1, 0.15) is 0 Å². The van der Waals surface area contributed by atoms with Gasteiger partial charge in [-0.2, -0.15) is 0 Å². The molecule has 1 aromatic carbocycles. The Hall–Kier alpha value is -2.81. The Morgan fingerprint density at radius 1 is 1.27 bits per heavy atom. The van der Waals surface area contributed by atoms with Gasteiger partial charge in [0.25, 0.3) is 5.91 Å². The molecule has 0 aliphatic rings. The Kier molecular flexibility index (Phi) is 7.20. The van der Waals surface area contributed by atoms with Crippen LogP contribution in [-0.4, -0.2) is 30.9 Å². The summed E-state index contributed by atoms with van der Waals surface area (Å²) in [5.41, 5.74) is 0.784. The van der Waals surface area contributed by atoms with Gasteiger partial charge in [-0.15, -0.1) is 6.42 Å². The molecule has 0 aromatic heterocycles. The fraction of sp³-hybridized carbons (Fsp3) is 0.312. The van der Waals surface area contributed by atoms with Crippen LogP contribution < -0.4 is 10.6 Å². The van der Waals surface area contributed by atoms with Crippen molar-refractivity contribution in [2.75, 3.05) is 13.2 Å². The molecule has 22 heavy (non-hydrogen) atoms. The van der Waals surface area contributed by atoms with Crippen molar-refractivity contribution in [2.45, 2.75) is 19.4 Å².